The minimum Gasteiger partial charge on any atom is -0.395 e. The lowest BCUT2D eigenvalue weighted by molar-refractivity contribution is -0.145. The third kappa shape index (κ3) is 6.73. The zero-order valence-corrected chi connectivity index (χ0v) is 19.7. The Hall–Kier alpha value is -1.65. The van der Waals surface area contributed by atoms with Crippen LogP contribution in [0.15, 0.2) is 18.2 Å². The molecule has 1 heterocycles. The fourth-order valence-corrected chi connectivity index (χ4v) is 5.25. The zero-order chi connectivity index (χ0) is 24.7. The van der Waals surface area contributed by atoms with Crippen LogP contribution in [0.5, 0.6) is 0 Å². The van der Waals surface area contributed by atoms with Crippen LogP contribution in [0.4, 0.5) is 8.78 Å². The van der Waals surface area contributed by atoms with Crippen LogP contribution in [0.1, 0.15) is 68.1 Å². The lowest BCUT2D eigenvalue weighted by Gasteiger charge is -2.43. The number of hydrogen-bond acceptors (Lipinski definition) is 6. The average Bonchev–Trinajstić information content (AvgIpc) is 2.82. The second-order valence-corrected chi connectivity index (χ2v) is 9.62. The number of hydrogen-bond donors (Lipinski definition) is 4. The summed E-state index contributed by atoms with van der Waals surface area (Å²) in [5.74, 6) is -1.92. The molecule has 1 aromatic rings. The third-order valence-electron chi connectivity index (χ3n) is 7.25. The van der Waals surface area contributed by atoms with E-state index >= 15 is 0 Å². The van der Waals surface area contributed by atoms with Crippen molar-refractivity contribution in [3.63, 3.8) is 0 Å². The molecular weight excluding hydrogens is 446 g/mol. The fraction of sp³-hybridized carbons (Fsp3) is 0.720. The van der Waals surface area contributed by atoms with Crippen molar-refractivity contribution >= 4 is 5.91 Å². The molecule has 0 aromatic heterocycles. The fourth-order valence-electron chi connectivity index (χ4n) is 5.25. The highest BCUT2D eigenvalue weighted by molar-refractivity contribution is 5.94. The molecule has 0 spiro atoms. The van der Waals surface area contributed by atoms with Crippen molar-refractivity contribution in [2.24, 2.45) is 0 Å². The van der Waals surface area contributed by atoms with Crippen molar-refractivity contribution in [3.8, 4) is 0 Å². The van der Waals surface area contributed by atoms with Gasteiger partial charge in [-0.25, -0.2) is 8.78 Å². The Labute approximate surface area is 200 Å². The minimum absolute atomic E-state index is 0.0683. The van der Waals surface area contributed by atoms with E-state index in [9.17, 15) is 34.0 Å². The van der Waals surface area contributed by atoms with Crippen molar-refractivity contribution in [2.45, 2.75) is 88.2 Å². The van der Waals surface area contributed by atoms with Gasteiger partial charge in [0.1, 0.15) is 23.8 Å². The molecule has 1 aromatic carbocycles. The molecule has 4 atom stereocenters. The number of amides is 1. The number of aliphatic hydroxyl groups excluding tert-OH is 4. The monoisotopic (exact) mass is 484 g/mol. The Morgan fingerprint density at radius 2 is 1.71 bits per heavy atom. The summed E-state index contributed by atoms with van der Waals surface area (Å²) in [4.78, 5) is 16.7. The number of rotatable bonds is 10. The molecule has 0 bridgehead atoms. The average molecular weight is 485 g/mol. The quantitative estimate of drug-likeness (QED) is 0.379. The van der Waals surface area contributed by atoms with E-state index < -0.39 is 36.0 Å². The van der Waals surface area contributed by atoms with Gasteiger partial charge < -0.3 is 25.3 Å². The molecule has 34 heavy (non-hydrogen) atoms. The molecule has 9 heteroatoms. The van der Waals surface area contributed by atoms with E-state index in [1.165, 1.54) is 6.07 Å². The molecule has 2 aliphatic rings. The number of likely N-dealkylation sites (tertiary alicyclic amines) is 1. The summed E-state index contributed by atoms with van der Waals surface area (Å²) in [6.07, 6.45) is 4.69. The minimum atomic E-state index is -1.26. The Morgan fingerprint density at radius 3 is 2.38 bits per heavy atom. The summed E-state index contributed by atoms with van der Waals surface area (Å²) in [5.41, 5.74) is -0.0913. The highest BCUT2D eigenvalue weighted by Crippen LogP contribution is 2.26. The van der Waals surface area contributed by atoms with Crippen LogP contribution in [0.25, 0.3) is 0 Å². The number of β-amino-alcohol motifs (C(OH)–C–C–N with tert-alkyl or cyclic N) is 1. The highest BCUT2D eigenvalue weighted by atomic mass is 19.1. The first-order valence-corrected chi connectivity index (χ1v) is 12.5. The van der Waals surface area contributed by atoms with Crippen molar-refractivity contribution in [3.05, 3.63) is 35.4 Å². The zero-order valence-electron chi connectivity index (χ0n) is 19.7. The van der Waals surface area contributed by atoms with Crippen molar-refractivity contribution < 1.29 is 34.0 Å². The Bertz CT molecular complexity index is 793. The molecule has 4 N–H and O–H groups in total. The number of unbranched alkanes of at least 4 members (excludes halogenated alkanes) is 3. The normalized spacial score (nSPS) is 26.5. The van der Waals surface area contributed by atoms with Crippen molar-refractivity contribution in [1.82, 2.24) is 9.80 Å². The maximum atomic E-state index is 14.3. The topological polar surface area (TPSA) is 104 Å². The molecule has 2 fully saturated rings. The van der Waals surface area contributed by atoms with E-state index in [2.05, 4.69) is 0 Å². The maximum absolute atomic E-state index is 14.3. The van der Waals surface area contributed by atoms with Gasteiger partial charge in [0.25, 0.3) is 5.91 Å². The van der Waals surface area contributed by atoms with Crippen LogP contribution in [0.2, 0.25) is 0 Å². The number of benzene rings is 1. The van der Waals surface area contributed by atoms with Crippen LogP contribution in [0.3, 0.4) is 0 Å². The highest BCUT2D eigenvalue weighted by Gasteiger charge is 2.40. The van der Waals surface area contributed by atoms with Gasteiger partial charge in [0.05, 0.1) is 24.3 Å². The molecule has 1 saturated heterocycles. The van der Waals surface area contributed by atoms with Crippen molar-refractivity contribution in [2.75, 3.05) is 26.2 Å². The number of piperidine rings is 1. The summed E-state index contributed by atoms with van der Waals surface area (Å²) in [6, 6.07) is 2.54. The second-order valence-electron chi connectivity index (χ2n) is 9.62. The Balaban J connectivity index is 1.50. The summed E-state index contributed by atoms with van der Waals surface area (Å²) < 4.78 is 27.6. The first-order chi connectivity index (χ1) is 16.3. The van der Waals surface area contributed by atoms with E-state index in [1.807, 2.05) is 0 Å². The standard InChI is InChI=1S/C25H38F2N2O5/c26-17-10-11-19(20(27)14-17)25(34)29(18-8-4-3-5-9-18)13-7-2-1-6-12-28-15-22(31)24(33)23(32)21(28)16-30/h10-11,14,18,21-24,30-33H,1-9,12-13,15-16H2. The summed E-state index contributed by atoms with van der Waals surface area (Å²) in [7, 11) is 0. The number of carbonyl (C=O) groups is 1. The van der Waals surface area contributed by atoms with Crippen LogP contribution in [-0.2, 0) is 0 Å². The SMILES string of the molecule is O=C(c1ccc(F)cc1F)N(CCCCCCN1CC(O)C(O)C(O)C1CO)C1CCCCC1. The molecule has 1 aliphatic carbocycles. The molecular formula is C25H38F2N2O5. The van der Waals surface area contributed by atoms with Crippen LogP contribution >= 0.6 is 0 Å². The lowest BCUT2D eigenvalue weighted by atomic mass is 9.93. The van der Waals surface area contributed by atoms with Gasteiger partial charge in [-0.3, -0.25) is 9.69 Å². The summed E-state index contributed by atoms with van der Waals surface area (Å²) >= 11 is 0. The van der Waals surface area contributed by atoms with Gasteiger partial charge in [-0.2, -0.15) is 0 Å². The Kier molecular flexibility index (Phi) is 10.2. The molecule has 3 rings (SSSR count). The number of nitrogens with zero attached hydrogens (tertiary/aromatic N) is 2. The van der Waals surface area contributed by atoms with E-state index in [-0.39, 0.29) is 30.7 Å². The van der Waals surface area contributed by atoms with Gasteiger partial charge in [0.2, 0.25) is 0 Å². The van der Waals surface area contributed by atoms with E-state index in [0.717, 1.165) is 69.9 Å². The molecule has 4 unspecified atom stereocenters. The summed E-state index contributed by atoms with van der Waals surface area (Å²) in [5, 5.41) is 39.4. The van der Waals surface area contributed by atoms with Crippen LogP contribution < -0.4 is 0 Å². The van der Waals surface area contributed by atoms with Crippen LogP contribution in [-0.4, -0.2) is 92.8 Å². The van der Waals surface area contributed by atoms with Crippen LogP contribution in [0, 0.1) is 11.6 Å². The molecule has 192 valence electrons. The second kappa shape index (κ2) is 12.9. The van der Waals surface area contributed by atoms with Gasteiger partial charge in [-0.15, -0.1) is 0 Å². The lowest BCUT2D eigenvalue weighted by Crippen LogP contribution is -2.62. The molecule has 0 radical (unpaired) electrons. The molecule has 1 amide bonds. The Morgan fingerprint density at radius 1 is 1.00 bits per heavy atom. The van der Waals surface area contributed by atoms with Crippen molar-refractivity contribution in [1.29, 1.82) is 0 Å². The predicted octanol–water partition coefficient (Wildman–Crippen LogP) is 2.06. The van der Waals surface area contributed by atoms with Gasteiger partial charge in [-0.05, 0) is 44.4 Å². The van der Waals surface area contributed by atoms with Gasteiger partial charge in [0, 0.05) is 25.2 Å². The molecule has 1 saturated carbocycles. The first-order valence-electron chi connectivity index (χ1n) is 12.5. The maximum Gasteiger partial charge on any atom is 0.257 e. The largest absolute Gasteiger partial charge is 0.395 e. The third-order valence-corrected chi connectivity index (χ3v) is 7.25. The number of carbonyl (C=O) groups excluding carboxylic acids is 1. The predicted molar refractivity (Wildman–Crippen MR) is 123 cm³/mol. The van der Waals surface area contributed by atoms with Gasteiger partial charge in [0.15, 0.2) is 0 Å². The molecule has 1 aliphatic heterocycles. The number of halogens is 2. The van der Waals surface area contributed by atoms with E-state index in [4.69, 9.17) is 0 Å². The first kappa shape index (κ1) is 26.9. The van der Waals surface area contributed by atoms with Gasteiger partial charge in [-0.1, -0.05) is 32.1 Å². The summed E-state index contributed by atoms with van der Waals surface area (Å²) in [6.45, 7) is 0.963. The smallest absolute Gasteiger partial charge is 0.257 e. The van der Waals surface area contributed by atoms with E-state index in [0.29, 0.717) is 13.1 Å². The van der Waals surface area contributed by atoms with E-state index in [1.54, 1.807) is 9.80 Å². The number of aliphatic hydroxyl groups is 4. The van der Waals surface area contributed by atoms with Gasteiger partial charge >= 0.3 is 0 Å². The molecule has 7 nitrogen and oxygen atoms in total.